The average molecular weight is 472 g/mol. The molecule has 3 amide bonds. The van der Waals surface area contributed by atoms with E-state index in [2.05, 4.69) is 26.3 Å². The summed E-state index contributed by atoms with van der Waals surface area (Å²) in [7, 11) is 0. The fourth-order valence-corrected chi connectivity index (χ4v) is 3.37. The van der Waals surface area contributed by atoms with Crippen LogP contribution in [0.3, 0.4) is 0 Å². The largest absolute Gasteiger partial charge is 0.480 e. The standard InChI is InChI=1S/C20H37N7O6/c1-10(2)14(19(32)33)26-18(31)15(11(3)28)27-17(30)13(7-5-9-24-20(21)22)25-16(29)12-6-4-8-23-12/h10-15,23,28H,4-9H2,1-3H3,(H,25,29)(H,26,31)(H,27,30)(H,32,33)(H4,21,22,24). The van der Waals surface area contributed by atoms with Crippen LogP contribution in [0.25, 0.3) is 0 Å². The SMILES string of the molecule is CC(C)C(NC(=O)C(NC(=O)C(CCCN=C(N)N)NC(=O)C1CCCN1)C(C)O)C(=O)O. The van der Waals surface area contributed by atoms with Gasteiger partial charge in [-0.25, -0.2) is 4.79 Å². The topological polar surface area (TPSA) is 221 Å². The molecule has 188 valence electrons. The van der Waals surface area contributed by atoms with Crippen LogP contribution in [0.4, 0.5) is 0 Å². The summed E-state index contributed by atoms with van der Waals surface area (Å²) >= 11 is 0. The molecule has 13 heteroatoms. The summed E-state index contributed by atoms with van der Waals surface area (Å²) in [5, 5.41) is 29.9. The third-order valence-corrected chi connectivity index (χ3v) is 5.25. The van der Waals surface area contributed by atoms with Crippen LogP contribution in [0.2, 0.25) is 0 Å². The number of aliphatic hydroxyl groups excluding tert-OH is 1. The minimum atomic E-state index is -1.42. The summed E-state index contributed by atoms with van der Waals surface area (Å²) in [5.41, 5.74) is 10.6. The first-order chi connectivity index (χ1) is 15.4. The summed E-state index contributed by atoms with van der Waals surface area (Å²) < 4.78 is 0. The van der Waals surface area contributed by atoms with Crippen molar-refractivity contribution in [3.63, 3.8) is 0 Å². The molecule has 0 radical (unpaired) electrons. The molecule has 1 rings (SSSR count). The first-order valence-corrected chi connectivity index (χ1v) is 11.0. The number of amides is 3. The summed E-state index contributed by atoms with van der Waals surface area (Å²) in [6.45, 7) is 5.47. The van der Waals surface area contributed by atoms with Crippen molar-refractivity contribution in [3.05, 3.63) is 0 Å². The minimum absolute atomic E-state index is 0.0980. The number of nitrogens with zero attached hydrogens (tertiary/aromatic N) is 1. The Morgan fingerprint density at radius 3 is 2.18 bits per heavy atom. The van der Waals surface area contributed by atoms with Crippen molar-refractivity contribution in [2.24, 2.45) is 22.4 Å². The van der Waals surface area contributed by atoms with Crippen molar-refractivity contribution in [1.29, 1.82) is 0 Å². The van der Waals surface area contributed by atoms with Crippen LogP contribution in [0.1, 0.15) is 46.5 Å². The van der Waals surface area contributed by atoms with Crippen LogP contribution in [-0.2, 0) is 19.2 Å². The minimum Gasteiger partial charge on any atom is -0.480 e. The monoisotopic (exact) mass is 471 g/mol. The predicted molar refractivity (Wildman–Crippen MR) is 121 cm³/mol. The Hall–Kier alpha value is -2.93. The smallest absolute Gasteiger partial charge is 0.326 e. The van der Waals surface area contributed by atoms with E-state index < -0.39 is 54.0 Å². The zero-order valence-electron chi connectivity index (χ0n) is 19.3. The molecule has 5 atom stereocenters. The van der Waals surface area contributed by atoms with Crippen molar-refractivity contribution in [2.45, 2.75) is 76.7 Å². The maximum atomic E-state index is 13.0. The lowest BCUT2D eigenvalue weighted by Crippen LogP contribution is -2.60. The number of aliphatic carboxylic acids is 1. The van der Waals surface area contributed by atoms with Crippen molar-refractivity contribution in [2.75, 3.05) is 13.1 Å². The van der Waals surface area contributed by atoms with E-state index in [4.69, 9.17) is 11.5 Å². The molecule has 1 aliphatic heterocycles. The molecule has 1 aliphatic rings. The number of hydrogen-bond donors (Lipinski definition) is 8. The molecule has 0 aromatic carbocycles. The fraction of sp³-hybridized carbons (Fsp3) is 0.750. The fourth-order valence-electron chi connectivity index (χ4n) is 3.37. The van der Waals surface area contributed by atoms with E-state index in [1.165, 1.54) is 6.92 Å². The van der Waals surface area contributed by atoms with Crippen molar-refractivity contribution >= 4 is 29.7 Å². The second kappa shape index (κ2) is 13.6. The molecule has 10 N–H and O–H groups in total. The molecule has 0 saturated carbocycles. The van der Waals surface area contributed by atoms with Gasteiger partial charge in [-0.15, -0.1) is 0 Å². The number of hydrogen-bond acceptors (Lipinski definition) is 7. The molecule has 0 spiro atoms. The highest BCUT2D eigenvalue weighted by Gasteiger charge is 2.34. The predicted octanol–water partition coefficient (Wildman–Crippen LogP) is -2.63. The Morgan fingerprint density at radius 2 is 1.70 bits per heavy atom. The van der Waals surface area contributed by atoms with Gasteiger partial charge in [-0.3, -0.25) is 19.4 Å². The van der Waals surface area contributed by atoms with E-state index in [1.807, 2.05) is 0 Å². The molecular weight excluding hydrogens is 434 g/mol. The molecule has 0 bridgehead atoms. The van der Waals surface area contributed by atoms with E-state index in [1.54, 1.807) is 13.8 Å². The maximum absolute atomic E-state index is 13.0. The second-order valence-electron chi connectivity index (χ2n) is 8.45. The number of carbonyl (C=O) groups excluding carboxylic acids is 3. The van der Waals surface area contributed by atoms with Crippen molar-refractivity contribution < 1.29 is 29.4 Å². The van der Waals surface area contributed by atoms with E-state index in [0.29, 0.717) is 19.4 Å². The van der Waals surface area contributed by atoms with Crippen molar-refractivity contribution in [1.82, 2.24) is 21.3 Å². The van der Waals surface area contributed by atoms with Gasteiger partial charge in [-0.05, 0) is 45.1 Å². The van der Waals surface area contributed by atoms with E-state index in [9.17, 15) is 29.4 Å². The van der Waals surface area contributed by atoms with Crippen LogP contribution in [0.15, 0.2) is 4.99 Å². The maximum Gasteiger partial charge on any atom is 0.326 e. The van der Waals surface area contributed by atoms with Gasteiger partial charge in [-0.2, -0.15) is 0 Å². The van der Waals surface area contributed by atoms with Gasteiger partial charge in [0.25, 0.3) is 0 Å². The van der Waals surface area contributed by atoms with Crippen LogP contribution in [-0.4, -0.2) is 83.2 Å². The van der Waals surface area contributed by atoms with Crippen LogP contribution in [0, 0.1) is 5.92 Å². The number of carbonyl (C=O) groups is 4. The molecule has 0 aliphatic carbocycles. The highest BCUT2D eigenvalue weighted by molar-refractivity contribution is 5.94. The molecular formula is C20H37N7O6. The number of aliphatic imine (C=N–C) groups is 1. The quantitative estimate of drug-likeness (QED) is 0.0798. The summed E-state index contributed by atoms with van der Waals surface area (Å²) in [6, 6.07) is -4.04. The lowest BCUT2D eigenvalue weighted by atomic mass is 10.0. The first kappa shape index (κ1) is 28.1. The number of aliphatic hydroxyl groups is 1. The van der Waals surface area contributed by atoms with Crippen LogP contribution >= 0.6 is 0 Å². The number of nitrogens with one attached hydrogen (secondary N) is 4. The highest BCUT2D eigenvalue weighted by Crippen LogP contribution is 2.08. The van der Waals surface area contributed by atoms with Gasteiger partial charge in [0.05, 0.1) is 12.1 Å². The zero-order chi connectivity index (χ0) is 25.1. The number of rotatable bonds is 13. The van der Waals surface area contributed by atoms with Gasteiger partial charge < -0.3 is 42.9 Å². The number of carboxylic acid groups (broad SMARTS) is 1. The summed E-state index contributed by atoms with van der Waals surface area (Å²) in [5.74, 6) is -3.63. The van der Waals surface area contributed by atoms with Gasteiger partial charge in [0.15, 0.2) is 5.96 Å². The lowest BCUT2D eigenvalue weighted by molar-refractivity contribution is -0.144. The van der Waals surface area contributed by atoms with Crippen LogP contribution in [0.5, 0.6) is 0 Å². The van der Waals surface area contributed by atoms with Gasteiger partial charge in [-0.1, -0.05) is 13.8 Å². The van der Waals surface area contributed by atoms with Crippen LogP contribution < -0.4 is 32.7 Å². The molecule has 5 unspecified atom stereocenters. The number of guanidine groups is 1. The Kier molecular flexibility index (Phi) is 11.6. The van der Waals surface area contributed by atoms with Gasteiger partial charge in [0.2, 0.25) is 17.7 Å². The zero-order valence-corrected chi connectivity index (χ0v) is 19.3. The summed E-state index contributed by atoms with van der Waals surface area (Å²) in [4.78, 5) is 53.4. The number of nitrogens with two attached hydrogens (primary N) is 2. The Balaban J connectivity index is 2.91. The highest BCUT2D eigenvalue weighted by atomic mass is 16.4. The van der Waals surface area contributed by atoms with E-state index >= 15 is 0 Å². The molecule has 0 aromatic heterocycles. The Labute approximate surface area is 193 Å². The van der Waals surface area contributed by atoms with E-state index in [0.717, 1.165) is 6.42 Å². The molecule has 33 heavy (non-hydrogen) atoms. The molecule has 13 nitrogen and oxygen atoms in total. The molecule has 0 aromatic rings. The molecule has 1 heterocycles. The lowest BCUT2D eigenvalue weighted by Gasteiger charge is -2.27. The Morgan fingerprint density at radius 1 is 1.06 bits per heavy atom. The normalized spacial score (nSPS) is 19.1. The van der Waals surface area contributed by atoms with Gasteiger partial charge in [0, 0.05) is 6.54 Å². The molecule has 1 saturated heterocycles. The van der Waals surface area contributed by atoms with Crippen molar-refractivity contribution in [3.8, 4) is 0 Å². The first-order valence-electron chi connectivity index (χ1n) is 11.0. The number of carboxylic acids is 1. The average Bonchev–Trinajstić information content (AvgIpc) is 3.26. The third-order valence-electron chi connectivity index (χ3n) is 5.25. The Bertz CT molecular complexity index is 718. The summed E-state index contributed by atoms with van der Waals surface area (Å²) in [6.07, 6.45) is 0.709. The third kappa shape index (κ3) is 9.61. The van der Waals surface area contributed by atoms with Gasteiger partial charge in [0.1, 0.15) is 18.1 Å². The van der Waals surface area contributed by atoms with Gasteiger partial charge >= 0.3 is 5.97 Å². The van der Waals surface area contributed by atoms with E-state index in [-0.39, 0.29) is 24.8 Å². The molecule has 1 fully saturated rings. The second-order valence-corrected chi connectivity index (χ2v) is 8.45.